The second kappa shape index (κ2) is 7.26. The molecule has 0 radical (unpaired) electrons. The molecule has 1 aliphatic heterocycles. The molecule has 4 rings (SSSR count). The summed E-state index contributed by atoms with van der Waals surface area (Å²) in [5.41, 5.74) is 2.44. The third-order valence-corrected chi connectivity index (χ3v) is 5.94. The summed E-state index contributed by atoms with van der Waals surface area (Å²) >= 11 is 0. The topological polar surface area (TPSA) is 37.4 Å². The highest BCUT2D eigenvalue weighted by Gasteiger charge is 2.32. The average Bonchev–Trinajstić information content (AvgIpc) is 2.67. The maximum Gasteiger partial charge on any atom is 0.253 e. The lowest BCUT2D eigenvalue weighted by Gasteiger charge is -2.41. The molecule has 1 amide bonds. The van der Waals surface area contributed by atoms with Crippen LogP contribution in [0.25, 0.3) is 11.1 Å². The molecular formula is C23H24FNO2. The minimum atomic E-state index is -0.380. The number of Topliss-reactive ketones (excluding diaryl/α,β-unsaturated/α-hetero) is 1. The Kier molecular flexibility index (Phi) is 4.81. The van der Waals surface area contributed by atoms with Crippen LogP contribution < -0.4 is 0 Å². The predicted octanol–water partition coefficient (Wildman–Crippen LogP) is 4.96. The van der Waals surface area contributed by atoms with E-state index in [0.717, 1.165) is 18.7 Å². The Bertz CT molecular complexity index is 862. The summed E-state index contributed by atoms with van der Waals surface area (Å²) in [6, 6.07) is 11.4. The van der Waals surface area contributed by atoms with E-state index in [2.05, 4.69) is 0 Å². The summed E-state index contributed by atoms with van der Waals surface area (Å²) in [4.78, 5) is 26.8. The predicted molar refractivity (Wildman–Crippen MR) is 103 cm³/mol. The number of piperidine rings is 1. The van der Waals surface area contributed by atoms with Crippen molar-refractivity contribution >= 4 is 11.7 Å². The van der Waals surface area contributed by atoms with Gasteiger partial charge in [0.1, 0.15) is 5.82 Å². The number of carbonyl (C=O) groups is 2. The van der Waals surface area contributed by atoms with E-state index in [1.165, 1.54) is 50.8 Å². The van der Waals surface area contributed by atoms with E-state index in [1.807, 2.05) is 4.90 Å². The number of amides is 1. The number of hydrogen-bond donors (Lipinski definition) is 0. The Morgan fingerprint density at radius 1 is 1.00 bits per heavy atom. The highest BCUT2D eigenvalue weighted by Crippen LogP contribution is 2.35. The van der Waals surface area contributed by atoms with Gasteiger partial charge in [0.25, 0.3) is 5.91 Å². The van der Waals surface area contributed by atoms with E-state index >= 15 is 0 Å². The molecule has 140 valence electrons. The van der Waals surface area contributed by atoms with Crippen molar-refractivity contribution in [1.29, 1.82) is 0 Å². The molecule has 0 aromatic heterocycles. The van der Waals surface area contributed by atoms with Crippen LogP contribution in [0.15, 0.2) is 42.5 Å². The number of halogens is 1. The Morgan fingerprint density at radius 2 is 1.67 bits per heavy atom. The molecule has 0 N–H and O–H groups in total. The van der Waals surface area contributed by atoms with E-state index in [1.54, 1.807) is 24.3 Å². The van der Waals surface area contributed by atoms with Crippen LogP contribution in [0, 0.1) is 17.7 Å². The van der Waals surface area contributed by atoms with Gasteiger partial charge < -0.3 is 4.90 Å². The molecule has 2 aliphatic rings. The van der Waals surface area contributed by atoms with E-state index in [0.29, 0.717) is 28.5 Å². The van der Waals surface area contributed by atoms with Gasteiger partial charge in [-0.05, 0) is 79.5 Å². The fourth-order valence-corrected chi connectivity index (χ4v) is 4.63. The van der Waals surface area contributed by atoms with Gasteiger partial charge in [0.05, 0.1) is 0 Å². The van der Waals surface area contributed by atoms with Crippen molar-refractivity contribution in [2.45, 2.75) is 32.6 Å². The van der Waals surface area contributed by atoms with Gasteiger partial charge in [-0.3, -0.25) is 9.59 Å². The molecule has 1 aliphatic carbocycles. The van der Waals surface area contributed by atoms with Crippen LogP contribution in [0.3, 0.4) is 0 Å². The summed E-state index contributed by atoms with van der Waals surface area (Å²) in [6.45, 7) is 3.19. The van der Waals surface area contributed by atoms with Gasteiger partial charge in [0.15, 0.2) is 5.78 Å². The number of rotatable bonds is 3. The van der Waals surface area contributed by atoms with Crippen molar-refractivity contribution in [3.8, 4) is 11.1 Å². The van der Waals surface area contributed by atoms with E-state index < -0.39 is 0 Å². The first-order valence-electron chi connectivity index (χ1n) is 9.71. The molecule has 1 saturated heterocycles. The highest BCUT2D eigenvalue weighted by atomic mass is 19.1. The molecule has 1 saturated carbocycles. The number of carbonyl (C=O) groups excluding carboxylic acids is 2. The van der Waals surface area contributed by atoms with Gasteiger partial charge >= 0.3 is 0 Å². The van der Waals surface area contributed by atoms with Crippen LogP contribution in [-0.4, -0.2) is 29.7 Å². The van der Waals surface area contributed by atoms with Crippen LogP contribution in [0.1, 0.15) is 53.3 Å². The van der Waals surface area contributed by atoms with Crippen molar-refractivity contribution in [1.82, 2.24) is 4.90 Å². The Balaban J connectivity index is 1.57. The molecular weight excluding hydrogens is 341 g/mol. The van der Waals surface area contributed by atoms with Crippen LogP contribution in [0.5, 0.6) is 0 Å². The molecule has 2 aromatic carbocycles. The quantitative estimate of drug-likeness (QED) is 0.721. The van der Waals surface area contributed by atoms with Crippen LogP contribution in [0.2, 0.25) is 0 Å². The maximum absolute atomic E-state index is 13.7. The van der Waals surface area contributed by atoms with Gasteiger partial charge in [-0.2, -0.15) is 0 Å². The summed E-state index contributed by atoms with van der Waals surface area (Å²) in [6.07, 6.45) is 5.01. The molecule has 27 heavy (non-hydrogen) atoms. The molecule has 2 aromatic rings. The lowest BCUT2D eigenvalue weighted by Crippen LogP contribution is -2.45. The van der Waals surface area contributed by atoms with E-state index in [9.17, 15) is 14.0 Å². The van der Waals surface area contributed by atoms with Crippen molar-refractivity contribution in [2.24, 2.45) is 11.8 Å². The van der Waals surface area contributed by atoms with Crippen molar-refractivity contribution < 1.29 is 14.0 Å². The van der Waals surface area contributed by atoms with E-state index in [4.69, 9.17) is 0 Å². The molecule has 3 nitrogen and oxygen atoms in total. The zero-order valence-electron chi connectivity index (χ0n) is 15.6. The number of nitrogens with zero attached hydrogens (tertiary/aromatic N) is 1. The van der Waals surface area contributed by atoms with Gasteiger partial charge in [-0.15, -0.1) is 0 Å². The van der Waals surface area contributed by atoms with Gasteiger partial charge in [0, 0.05) is 24.2 Å². The van der Waals surface area contributed by atoms with E-state index in [-0.39, 0.29) is 17.5 Å². The summed E-state index contributed by atoms with van der Waals surface area (Å²) in [5.74, 6) is 0.876. The zero-order valence-corrected chi connectivity index (χ0v) is 15.6. The molecule has 2 bridgehead atoms. The van der Waals surface area contributed by atoms with Gasteiger partial charge in [-0.1, -0.05) is 18.6 Å². The van der Waals surface area contributed by atoms with Gasteiger partial charge in [-0.25, -0.2) is 4.39 Å². The Morgan fingerprint density at radius 3 is 2.30 bits per heavy atom. The summed E-state index contributed by atoms with van der Waals surface area (Å²) in [7, 11) is 0. The lowest BCUT2D eigenvalue weighted by molar-refractivity contribution is 0.0504. The number of ketones is 1. The van der Waals surface area contributed by atoms with Crippen LogP contribution in [0.4, 0.5) is 4.39 Å². The molecule has 4 heteroatoms. The van der Waals surface area contributed by atoms with Crippen molar-refractivity contribution in [3.05, 3.63) is 59.4 Å². The minimum absolute atomic E-state index is 0.0733. The average molecular weight is 365 g/mol. The fourth-order valence-electron chi connectivity index (χ4n) is 4.63. The van der Waals surface area contributed by atoms with Crippen LogP contribution >= 0.6 is 0 Å². The number of benzene rings is 2. The third kappa shape index (κ3) is 3.66. The zero-order chi connectivity index (χ0) is 19.0. The normalized spacial score (nSPS) is 21.8. The first-order valence-corrected chi connectivity index (χ1v) is 9.71. The van der Waals surface area contributed by atoms with Crippen LogP contribution in [-0.2, 0) is 0 Å². The first-order chi connectivity index (χ1) is 13.0. The molecule has 2 fully saturated rings. The minimum Gasteiger partial charge on any atom is -0.338 e. The number of fused-ring (bicyclic) bond motifs is 2. The largest absolute Gasteiger partial charge is 0.338 e. The second-order valence-corrected chi connectivity index (χ2v) is 7.93. The third-order valence-electron chi connectivity index (χ3n) is 5.94. The number of likely N-dealkylation sites (tertiary alicyclic amines) is 1. The van der Waals surface area contributed by atoms with Gasteiger partial charge in [0.2, 0.25) is 0 Å². The molecule has 0 unspecified atom stereocenters. The SMILES string of the molecule is CC(=O)c1ccc(F)cc1-c1ccc(C(=O)N2C[C@@H]3CCC[C@@H](C3)C2)cc1. The Hall–Kier alpha value is -2.49. The monoisotopic (exact) mass is 365 g/mol. The number of hydrogen-bond acceptors (Lipinski definition) is 2. The smallest absolute Gasteiger partial charge is 0.253 e. The Labute approximate surface area is 159 Å². The fraction of sp³-hybridized carbons (Fsp3) is 0.391. The maximum atomic E-state index is 13.7. The molecule has 0 spiro atoms. The second-order valence-electron chi connectivity index (χ2n) is 7.93. The first kappa shape index (κ1) is 17.9. The molecule has 2 atom stereocenters. The summed E-state index contributed by atoms with van der Waals surface area (Å²) in [5, 5.41) is 0. The lowest BCUT2D eigenvalue weighted by atomic mass is 9.78. The standard InChI is InChI=1S/C23H24FNO2/c1-15(26)21-10-9-20(24)12-22(21)18-5-7-19(8-6-18)23(27)25-13-16-3-2-4-17(11-16)14-25/h5-10,12,16-17H,2-4,11,13-14H2,1H3/t16-,17+. The van der Waals surface area contributed by atoms with Crippen molar-refractivity contribution in [3.63, 3.8) is 0 Å². The summed E-state index contributed by atoms with van der Waals surface area (Å²) < 4.78 is 13.7. The highest BCUT2D eigenvalue weighted by molar-refractivity contribution is 6.01. The molecule has 1 heterocycles. The van der Waals surface area contributed by atoms with Crippen molar-refractivity contribution in [2.75, 3.05) is 13.1 Å².